The van der Waals surface area contributed by atoms with E-state index in [4.69, 9.17) is 11.6 Å². The fraction of sp³-hybridized carbons (Fsp3) is 0.462. The maximum Gasteiger partial charge on any atom is 0.319 e. The van der Waals surface area contributed by atoms with Crippen LogP contribution in [0.25, 0.3) is 0 Å². The zero-order chi connectivity index (χ0) is 11.9. The van der Waals surface area contributed by atoms with Gasteiger partial charge in [0.2, 0.25) is 0 Å². The summed E-state index contributed by atoms with van der Waals surface area (Å²) in [6.07, 6.45) is 5.58. The molecule has 0 atom stereocenters. The van der Waals surface area contributed by atoms with Crippen LogP contribution in [0.2, 0.25) is 5.02 Å². The molecule has 0 saturated heterocycles. The van der Waals surface area contributed by atoms with Crippen molar-refractivity contribution < 1.29 is 4.79 Å². The van der Waals surface area contributed by atoms with E-state index in [1.54, 1.807) is 0 Å². The Morgan fingerprint density at radius 3 is 2.71 bits per heavy atom. The summed E-state index contributed by atoms with van der Waals surface area (Å²) < 4.78 is 0. The molecule has 4 heteroatoms. The normalized spacial score (nSPS) is 21.6. The predicted molar refractivity (Wildman–Crippen MR) is 68.4 cm³/mol. The van der Waals surface area contributed by atoms with Crippen molar-refractivity contribution >= 4 is 23.3 Å². The Hall–Kier alpha value is -1.22. The fourth-order valence-electron chi connectivity index (χ4n) is 3.03. The first-order chi connectivity index (χ1) is 8.21. The van der Waals surface area contributed by atoms with E-state index in [1.165, 1.54) is 6.42 Å². The summed E-state index contributed by atoms with van der Waals surface area (Å²) in [6.45, 7) is 0. The number of nitrogens with one attached hydrogen (secondary N) is 2. The second kappa shape index (κ2) is 3.91. The van der Waals surface area contributed by atoms with Crippen molar-refractivity contribution in [2.45, 2.75) is 37.6 Å². The quantitative estimate of drug-likeness (QED) is 0.725. The van der Waals surface area contributed by atoms with E-state index in [-0.39, 0.29) is 11.6 Å². The molecule has 1 spiro atoms. The molecule has 90 valence electrons. The van der Waals surface area contributed by atoms with Gasteiger partial charge in [-0.2, -0.15) is 0 Å². The first-order valence-corrected chi connectivity index (χ1v) is 6.47. The highest BCUT2D eigenvalue weighted by molar-refractivity contribution is 6.34. The molecule has 1 fully saturated rings. The minimum atomic E-state index is -0.194. The second-order valence-corrected chi connectivity index (χ2v) is 5.29. The average molecular weight is 251 g/mol. The minimum Gasteiger partial charge on any atom is -0.328 e. The van der Waals surface area contributed by atoms with Crippen molar-refractivity contribution in [2.75, 3.05) is 5.32 Å². The molecule has 0 bridgehead atoms. The molecule has 0 radical (unpaired) electrons. The van der Waals surface area contributed by atoms with Crippen molar-refractivity contribution in [3.05, 3.63) is 28.8 Å². The molecular weight excluding hydrogens is 236 g/mol. The number of rotatable bonds is 0. The van der Waals surface area contributed by atoms with E-state index in [0.717, 1.165) is 36.9 Å². The molecule has 1 aromatic carbocycles. The van der Waals surface area contributed by atoms with Crippen molar-refractivity contribution in [3.63, 3.8) is 0 Å². The number of amides is 2. The van der Waals surface area contributed by atoms with Gasteiger partial charge in [-0.25, -0.2) is 4.79 Å². The van der Waals surface area contributed by atoms with Crippen LogP contribution in [0, 0.1) is 0 Å². The number of halogens is 1. The largest absolute Gasteiger partial charge is 0.328 e. The molecular formula is C13H15ClN2O. The Bertz CT molecular complexity index is 466. The molecule has 2 aliphatic rings. The lowest BCUT2D eigenvalue weighted by atomic mass is 9.75. The van der Waals surface area contributed by atoms with Gasteiger partial charge in [0.15, 0.2) is 0 Å². The van der Waals surface area contributed by atoms with E-state index < -0.39 is 0 Å². The van der Waals surface area contributed by atoms with Crippen molar-refractivity contribution in [1.82, 2.24) is 5.32 Å². The Labute approximate surface area is 106 Å². The minimum absolute atomic E-state index is 0.132. The fourth-order valence-corrected chi connectivity index (χ4v) is 3.25. The highest BCUT2D eigenvalue weighted by Crippen LogP contribution is 2.44. The number of carbonyl (C=O) groups is 1. The van der Waals surface area contributed by atoms with Crippen LogP contribution in [0.4, 0.5) is 10.5 Å². The summed E-state index contributed by atoms with van der Waals surface area (Å²) in [5.74, 6) is 0. The Kier molecular flexibility index (Phi) is 2.51. The van der Waals surface area contributed by atoms with Crippen LogP contribution in [0.3, 0.4) is 0 Å². The van der Waals surface area contributed by atoms with Gasteiger partial charge in [0.05, 0.1) is 16.2 Å². The van der Waals surface area contributed by atoms with E-state index in [2.05, 4.69) is 16.7 Å². The van der Waals surface area contributed by atoms with Gasteiger partial charge in [0, 0.05) is 5.56 Å². The summed E-state index contributed by atoms with van der Waals surface area (Å²) >= 11 is 6.17. The summed E-state index contributed by atoms with van der Waals surface area (Å²) in [6, 6.07) is 5.71. The maximum atomic E-state index is 11.8. The number of urea groups is 1. The molecule has 0 unspecified atom stereocenters. The van der Waals surface area contributed by atoms with Crippen LogP contribution in [-0.4, -0.2) is 6.03 Å². The van der Waals surface area contributed by atoms with Gasteiger partial charge in [-0.3, -0.25) is 0 Å². The van der Waals surface area contributed by atoms with E-state index >= 15 is 0 Å². The van der Waals surface area contributed by atoms with Gasteiger partial charge >= 0.3 is 6.03 Å². The van der Waals surface area contributed by atoms with E-state index in [1.807, 2.05) is 12.1 Å². The van der Waals surface area contributed by atoms with Crippen LogP contribution < -0.4 is 10.6 Å². The lowest BCUT2D eigenvalue weighted by Crippen LogP contribution is -2.52. The van der Waals surface area contributed by atoms with Gasteiger partial charge in [-0.05, 0) is 18.9 Å². The molecule has 1 heterocycles. The monoisotopic (exact) mass is 250 g/mol. The SMILES string of the molecule is O=C1Nc2c(Cl)cccc2C2(CCCCC2)N1. The summed E-state index contributed by atoms with van der Waals surface area (Å²) in [7, 11) is 0. The molecule has 1 aliphatic heterocycles. The topological polar surface area (TPSA) is 41.1 Å². The lowest BCUT2D eigenvalue weighted by Gasteiger charge is -2.42. The van der Waals surface area contributed by atoms with Crippen LogP contribution in [0.15, 0.2) is 18.2 Å². The standard InChI is InChI=1S/C13H15ClN2O/c14-10-6-4-5-9-11(10)15-12(17)16-13(9)7-2-1-3-8-13/h4-6H,1-3,7-8H2,(H2,15,16,17). The summed E-state index contributed by atoms with van der Waals surface area (Å²) in [5, 5.41) is 6.55. The molecule has 2 N–H and O–H groups in total. The number of anilines is 1. The molecule has 0 aromatic heterocycles. The van der Waals surface area contributed by atoms with E-state index in [9.17, 15) is 4.79 Å². The number of hydrogen-bond acceptors (Lipinski definition) is 1. The average Bonchev–Trinajstić information content (AvgIpc) is 2.32. The third kappa shape index (κ3) is 1.69. The number of para-hydroxylation sites is 1. The van der Waals surface area contributed by atoms with Crippen molar-refractivity contribution in [3.8, 4) is 0 Å². The number of hydrogen-bond donors (Lipinski definition) is 2. The smallest absolute Gasteiger partial charge is 0.319 e. The zero-order valence-electron chi connectivity index (χ0n) is 9.55. The number of benzene rings is 1. The zero-order valence-corrected chi connectivity index (χ0v) is 10.3. The summed E-state index contributed by atoms with van der Waals surface area (Å²) in [4.78, 5) is 11.8. The molecule has 1 aromatic rings. The number of carbonyl (C=O) groups excluding carboxylic acids is 1. The first kappa shape index (κ1) is 10.9. The van der Waals surface area contributed by atoms with Crippen LogP contribution >= 0.6 is 11.6 Å². The van der Waals surface area contributed by atoms with Gasteiger partial charge < -0.3 is 10.6 Å². The Morgan fingerprint density at radius 2 is 1.94 bits per heavy atom. The third-order valence-corrected chi connectivity index (χ3v) is 4.14. The van der Waals surface area contributed by atoms with Crippen LogP contribution in [-0.2, 0) is 5.54 Å². The molecule has 2 amide bonds. The predicted octanol–water partition coefficient (Wildman–Crippen LogP) is 3.63. The van der Waals surface area contributed by atoms with Crippen molar-refractivity contribution in [1.29, 1.82) is 0 Å². The molecule has 1 saturated carbocycles. The highest BCUT2D eigenvalue weighted by atomic mass is 35.5. The van der Waals surface area contributed by atoms with Crippen LogP contribution in [0.5, 0.6) is 0 Å². The van der Waals surface area contributed by atoms with Gasteiger partial charge in [-0.15, -0.1) is 0 Å². The lowest BCUT2D eigenvalue weighted by molar-refractivity contribution is 0.208. The first-order valence-electron chi connectivity index (χ1n) is 6.09. The Morgan fingerprint density at radius 1 is 1.18 bits per heavy atom. The maximum absolute atomic E-state index is 11.8. The molecule has 1 aliphatic carbocycles. The summed E-state index contributed by atoms with van der Waals surface area (Å²) in [5.41, 5.74) is 1.74. The molecule has 3 nitrogen and oxygen atoms in total. The number of fused-ring (bicyclic) bond motifs is 2. The third-order valence-electron chi connectivity index (χ3n) is 3.83. The van der Waals surface area contributed by atoms with Crippen molar-refractivity contribution in [2.24, 2.45) is 0 Å². The van der Waals surface area contributed by atoms with Gasteiger partial charge in [0.25, 0.3) is 0 Å². The van der Waals surface area contributed by atoms with Crippen LogP contribution in [0.1, 0.15) is 37.7 Å². The second-order valence-electron chi connectivity index (χ2n) is 4.88. The molecule has 17 heavy (non-hydrogen) atoms. The Balaban J connectivity index is 2.13. The van der Waals surface area contributed by atoms with Gasteiger partial charge in [-0.1, -0.05) is 43.0 Å². The molecule has 3 rings (SSSR count). The van der Waals surface area contributed by atoms with E-state index in [0.29, 0.717) is 5.02 Å². The van der Waals surface area contributed by atoms with Gasteiger partial charge in [0.1, 0.15) is 0 Å². The highest BCUT2D eigenvalue weighted by Gasteiger charge is 2.40.